The Bertz CT molecular complexity index is 634. The lowest BCUT2D eigenvalue weighted by molar-refractivity contribution is -0.157. The van der Waals surface area contributed by atoms with Gasteiger partial charge in [-0.05, 0) is 19.3 Å². The summed E-state index contributed by atoms with van der Waals surface area (Å²) in [6.07, 6.45) is 3.39. The van der Waals surface area contributed by atoms with E-state index in [1.54, 1.807) is 11.1 Å². The van der Waals surface area contributed by atoms with Crippen molar-refractivity contribution in [2.75, 3.05) is 6.54 Å². The molecule has 1 aliphatic rings. The zero-order valence-corrected chi connectivity index (χ0v) is 16.1. The number of hydrogen-bond acceptors (Lipinski definition) is 5. The molecule has 146 valence electrons. The average Bonchev–Trinajstić information content (AvgIpc) is 3.22. The molecule has 0 spiro atoms. The van der Waals surface area contributed by atoms with E-state index in [1.807, 2.05) is 27.7 Å². The van der Waals surface area contributed by atoms with Gasteiger partial charge in [0.1, 0.15) is 11.8 Å². The Labute approximate surface area is 154 Å². The lowest BCUT2D eigenvalue weighted by Crippen LogP contribution is -2.43. The third-order valence-electron chi connectivity index (χ3n) is 4.90. The number of hydrogen-bond donors (Lipinski definition) is 2. The number of nitrogens with zero attached hydrogens (tertiary/aromatic N) is 2. The SMILES string of the molecule is CCCCC(C(=O)N1CCC[C@@H]1c1ncc(C(C)(C)C)o1)C(O)C(=O)O. The van der Waals surface area contributed by atoms with Gasteiger partial charge in [-0.1, -0.05) is 40.5 Å². The van der Waals surface area contributed by atoms with Gasteiger partial charge in [0.2, 0.25) is 11.8 Å². The van der Waals surface area contributed by atoms with E-state index in [0.717, 1.165) is 25.0 Å². The smallest absolute Gasteiger partial charge is 0.333 e. The minimum atomic E-state index is -1.69. The fourth-order valence-electron chi connectivity index (χ4n) is 3.30. The summed E-state index contributed by atoms with van der Waals surface area (Å²) in [5.41, 5.74) is -0.179. The van der Waals surface area contributed by atoms with Crippen LogP contribution in [0.15, 0.2) is 10.6 Å². The molecular weight excluding hydrogens is 336 g/mol. The number of carboxylic acids is 1. The first-order valence-corrected chi connectivity index (χ1v) is 9.34. The molecule has 1 fully saturated rings. The molecule has 2 rings (SSSR count). The maximum absolute atomic E-state index is 13.0. The summed E-state index contributed by atoms with van der Waals surface area (Å²) in [4.78, 5) is 30.2. The lowest BCUT2D eigenvalue weighted by Gasteiger charge is -2.28. The zero-order chi connectivity index (χ0) is 19.5. The molecular formula is C19H30N2O5. The standard InChI is InChI=1S/C19H30N2O5/c1-5-6-8-12(15(22)18(24)25)17(23)21-10-7-9-13(21)16-20-11-14(26-16)19(2,3)4/h11-13,15,22H,5-10H2,1-4H3,(H,24,25)/t12?,13-,15?/m1/s1. The highest BCUT2D eigenvalue weighted by Crippen LogP contribution is 2.35. The molecule has 1 saturated heterocycles. The first-order chi connectivity index (χ1) is 12.2. The molecule has 2 unspecified atom stereocenters. The van der Waals surface area contributed by atoms with E-state index in [0.29, 0.717) is 25.3 Å². The molecule has 0 saturated carbocycles. The molecule has 0 aliphatic carbocycles. The van der Waals surface area contributed by atoms with Crippen LogP contribution in [0, 0.1) is 5.92 Å². The molecule has 26 heavy (non-hydrogen) atoms. The number of amides is 1. The quantitative estimate of drug-likeness (QED) is 0.769. The van der Waals surface area contributed by atoms with E-state index >= 15 is 0 Å². The van der Waals surface area contributed by atoms with Crippen LogP contribution in [0.4, 0.5) is 0 Å². The summed E-state index contributed by atoms with van der Waals surface area (Å²) in [6, 6.07) is -0.302. The second kappa shape index (κ2) is 8.20. The number of carbonyl (C=O) groups is 2. The number of aliphatic hydroxyl groups excluding tert-OH is 1. The van der Waals surface area contributed by atoms with Gasteiger partial charge in [0.05, 0.1) is 12.1 Å². The summed E-state index contributed by atoms with van der Waals surface area (Å²) in [5, 5.41) is 19.2. The highest BCUT2D eigenvalue weighted by atomic mass is 16.4. The predicted octanol–water partition coefficient (Wildman–Crippen LogP) is 2.89. The molecule has 1 amide bonds. The van der Waals surface area contributed by atoms with E-state index in [2.05, 4.69) is 4.98 Å². The third kappa shape index (κ3) is 4.44. The van der Waals surface area contributed by atoms with Crippen molar-refractivity contribution in [3.63, 3.8) is 0 Å². The van der Waals surface area contributed by atoms with Crippen molar-refractivity contribution < 1.29 is 24.2 Å². The number of rotatable bonds is 7. The topological polar surface area (TPSA) is 104 Å². The number of carboxylic acid groups (broad SMARTS) is 1. The van der Waals surface area contributed by atoms with E-state index < -0.39 is 18.0 Å². The van der Waals surface area contributed by atoms with Crippen molar-refractivity contribution in [3.8, 4) is 0 Å². The molecule has 3 atom stereocenters. The number of oxazole rings is 1. The number of aliphatic carboxylic acids is 1. The van der Waals surface area contributed by atoms with Crippen LogP contribution in [-0.4, -0.2) is 44.6 Å². The van der Waals surface area contributed by atoms with E-state index in [4.69, 9.17) is 9.52 Å². The van der Waals surface area contributed by atoms with Crippen LogP contribution >= 0.6 is 0 Å². The Morgan fingerprint density at radius 1 is 1.42 bits per heavy atom. The normalized spacial score (nSPS) is 20.2. The second-order valence-electron chi connectivity index (χ2n) is 8.03. The third-order valence-corrected chi connectivity index (χ3v) is 4.90. The molecule has 7 heteroatoms. The fourth-order valence-corrected chi connectivity index (χ4v) is 3.30. The van der Waals surface area contributed by atoms with Crippen molar-refractivity contribution in [1.29, 1.82) is 0 Å². The van der Waals surface area contributed by atoms with Crippen molar-refractivity contribution in [3.05, 3.63) is 17.8 Å². The Kier molecular flexibility index (Phi) is 6.44. The number of aliphatic hydroxyl groups is 1. The van der Waals surface area contributed by atoms with Gasteiger partial charge >= 0.3 is 5.97 Å². The minimum absolute atomic E-state index is 0.179. The highest BCUT2D eigenvalue weighted by molar-refractivity contribution is 5.86. The van der Waals surface area contributed by atoms with Gasteiger partial charge in [0.25, 0.3) is 0 Å². The number of aromatic nitrogens is 1. The van der Waals surface area contributed by atoms with Crippen LogP contribution in [0.1, 0.15) is 77.5 Å². The van der Waals surface area contributed by atoms with Crippen molar-refractivity contribution in [1.82, 2.24) is 9.88 Å². The maximum atomic E-state index is 13.0. The molecule has 1 aliphatic heterocycles. The summed E-state index contributed by atoms with van der Waals surface area (Å²) in [5.74, 6) is -1.39. The Morgan fingerprint density at radius 2 is 2.12 bits per heavy atom. The molecule has 0 radical (unpaired) electrons. The molecule has 2 heterocycles. The van der Waals surface area contributed by atoms with Crippen LogP contribution in [0.2, 0.25) is 0 Å². The van der Waals surface area contributed by atoms with Crippen LogP contribution in [-0.2, 0) is 15.0 Å². The van der Waals surface area contributed by atoms with Gasteiger partial charge in [-0.25, -0.2) is 9.78 Å². The fraction of sp³-hybridized carbons (Fsp3) is 0.737. The first kappa shape index (κ1) is 20.4. The lowest BCUT2D eigenvalue weighted by atomic mass is 9.94. The Morgan fingerprint density at radius 3 is 2.65 bits per heavy atom. The monoisotopic (exact) mass is 366 g/mol. The Balaban J connectivity index is 2.22. The molecule has 0 aromatic carbocycles. The number of unbranched alkanes of at least 4 members (excludes halogenated alkanes) is 1. The molecule has 7 nitrogen and oxygen atoms in total. The predicted molar refractivity (Wildman–Crippen MR) is 95.5 cm³/mol. The van der Waals surface area contributed by atoms with Crippen LogP contribution in [0.3, 0.4) is 0 Å². The molecule has 0 bridgehead atoms. The van der Waals surface area contributed by atoms with Crippen LogP contribution < -0.4 is 0 Å². The summed E-state index contributed by atoms with van der Waals surface area (Å²) in [7, 11) is 0. The van der Waals surface area contributed by atoms with Gasteiger partial charge in [-0.2, -0.15) is 0 Å². The minimum Gasteiger partial charge on any atom is -0.479 e. The maximum Gasteiger partial charge on any atom is 0.333 e. The first-order valence-electron chi connectivity index (χ1n) is 9.34. The molecule has 1 aromatic heterocycles. The van der Waals surface area contributed by atoms with Gasteiger partial charge in [-0.3, -0.25) is 4.79 Å². The van der Waals surface area contributed by atoms with Gasteiger partial charge < -0.3 is 19.5 Å². The van der Waals surface area contributed by atoms with Gasteiger partial charge in [-0.15, -0.1) is 0 Å². The van der Waals surface area contributed by atoms with Crippen molar-refractivity contribution in [2.24, 2.45) is 5.92 Å². The van der Waals surface area contributed by atoms with Crippen LogP contribution in [0.5, 0.6) is 0 Å². The highest BCUT2D eigenvalue weighted by Gasteiger charge is 2.40. The molecule has 1 aromatic rings. The van der Waals surface area contributed by atoms with Gasteiger partial charge in [0.15, 0.2) is 6.10 Å². The van der Waals surface area contributed by atoms with Crippen LogP contribution in [0.25, 0.3) is 0 Å². The number of likely N-dealkylation sites (tertiary alicyclic amines) is 1. The number of carbonyl (C=O) groups excluding carboxylic acids is 1. The summed E-state index contributed by atoms with van der Waals surface area (Å²) < 4.78 is 5.90. The van der Waals surface area contributed by atoms with Crippen molar-refractivity contribution in [2.45, 2.75) is 77.4 Å². The van der Waals surface area contributed by atoms with E-state index in [-0.39, 0.29) is 17.4 Å². The molecule has 2 N–H and O–H groups in total. The summed E-state index contributed by atoms with van der Waals surface area (Å²) in [6.45, 7) is 8.57. The van der Waals surface area contributed by atoms with E-state index in [1.165, 1.54) is 0 Å². The second-order valence-corrected chi connectivity index (χ2v) is 8.03. The van der Waals surface area contributed by atoms with E-state index in [9.17, 15) is 14.7 Å². The van der Waals surface area contributed by atoms with Crippen molar-refractivity contribution >= 4 is 11.9 Å². The van der Waals surface area contributed by atoms with Gasteiger partial charge in [0, 0.05) is 12.0 Å². The average molecular weight is 366 g/mol. The summed E-state index contributed by atoms with van der Waals surface area (Å²) >= 11 is 0. The Hall–Kier alpha value is -1.89. The largest absolute Gasteiger partial charge is 0.479 e. The zero-order valence-electron chi connectivity index (χ0n) is 16.1.